The Balaban J connectivity index is 2.11. The second-order valence-corrected chi connectivity index (χ2v) is 4.76. The normalized spacial score (nSPS) is 10.4. The van der Waals surface area contributed by atoms with E-state index in [0.717, 1.165) is 5.69 Å². The lowest BCUT2D eigenvalue weighted by molar-refractivity contribution is 0.464. The number of nitrogens with zero attached hydrogens (tertiary/aromatic N) is 1. The Hall–Kier alpha value is -1.62. The number of hydrogen-bond donors (Lipinski definition) is 2. The third-order valence-electron chi connectivity index (χ3n) is 2.47. The van der Waals surface area contributed by atoms with E-state index in [9.17, 15) is 9.50 Å². The van der Waals surface area contributed by atoms with Crippen LogP contribution in [-0.4, -0.2) is 10.1 Å². The van der Waals surface area contributed by atoms with E-state index >= 15 is 0 Å². The van der Waals surface area contributed by atoms with E-state index < -0.39 is 0 Å². The van der Waals surface area contributed by atoms with E-state index in [1.54, 1.807) is 24.3 Å². The van der Waals surface area contributed by atoms with Crippen molar-refractivity contribution < 1.29 is 9.50 Å². The minimum absolute atomic E-state index is 0.130. The van der Waals surface area contributed by atoms with Gasteiger partial charge in [0.15, 0.2) is 0 Å². The predicted octanol–water partition coefficient (Wildman–Crippen LogP) is 3.61. The molecule has 1 heterocycles. The molecule has 1 aromatic heterocycles. The Morgan fingerprint density at radius 1 is 1.33 bits per heavy atom. The number of anilines is 1. The van der Waals surface area contributed by atoms with Crippen molar-refractivity contribution in [3.8, 4) is 5.75 Å². The monoisotopic (exact) mass is 310 g/mol. The summed E-state index contributed by atoms with van der Waals surface area (Å²) in [6, 6.07) is 8.10. The fourth-order valence-corrected chi connectivity index (χ4v) is 1.77. The largest absolute Gasteiger partial charge is 0.506 e. The highest BCUT2D eigenvalue weighted by molar-refractivity contribution is 9.10. The molecule has 0 aliphatic rings. The van der Waals surface area contributed by atoms with Gasteiger partial charge in [-0.1, -0.05) is 0 Å². The van der Waals surface area contributed by atoms with Gasteiger partial charge in [0.1, 0.15) is 17.3 Å². The van der Waals surface area contributed by atoms with Gasteiger partial charge in [-0.15, -0.1) is 0 Å². The SMILES string of the molecule is Cc1ccc(O)c(CNc2ccc(Br)c(F)c2)n1. The van der Waals surface area contributed by atoms with Gasteiger partial charge in [-0.3, -0.25) is 4.98 Å². The molecule has 0 atom stereocenters. The molecule has 0 bridgehead atoms. The smallest absolute Gasteiger partial charge is 0.139 e. The maximum atomic E-state index is 13.3. The molecule has 0 aliphatic heterocycles. The van der Waals surface area contributed by atoms with Gasteiger partial charge < -0.3 is 10.4 Å². The Bertz CT molecular complexity index is 575. The Labute approximate surface area is 113 Å². The van der Waals surface area contributed by atoms with E-state index in [1.807, 2.05) is 6.92 Å². The second-order valence-electron chi connectivity index (χ2n) is 3.90. The van der Waals surface area contributed by atoms with Gasteiger partial charge in [-0.25, -0.2) is 4.39 Å². The van der Waals surface area contributed by atoms with E-state index in [4.69, 9.17) is 0 Å². The molecule has 0 spiro atoms. The number of pyridine rings is 1. The van der Waals surface area contributed by atoms with Gasteiger partial charge >= 0.3 is 0 Å². The van der Waals surface area contributed by atoms with Crippen LogP contribution in [0.5, 0.6) is 5.75 Å². The Morgan fingerprint density at radius 3 is 2.83 bits per heavy atom. The molecule has 0 unspecified atom stereocenters. The minimum Gasteiger partial charge on any atom is -0.506 e. The molecule has 3 nitrogen and oxygen atoms in total. The van der Waals surface area contributed by atoms with Crippen molar-refractivity contribution in [2.75, 3.05) is 5.32 Å². The molecule has 1 aromatic carbocycles. The summed E-state index contributed by atoms with van der Waals surface area (Å²) in [7, 11) is 0. The van der Waals surface area contributed by atoms with E-state index in [2.05, 4.69) is 26.2 Å². The lowest BCUT2D eigenvalue weighted by Gasteiger charge is -2.08. The molecule has 0 fully saturated rings. The van der Waals surface area contributed by atoms with Gasteiger partial charge in [0.2, 0.25) is 0 Å². The summed E-state index contributed by atoms with van der Waals surface area (Å²) in [4.78, 5) is 4.21. The molecular weight excluding hydrogens is 299 g/mol. The second kappa shape index (κ2) is 5.35. The molecule has 2 aromatic rings. The first kappa shape index (κ1) is 12.8. The molecule has 0 saturated carbocycles. The topological polar surface area (TPSA) is 45.1 Å². The summed E-state index contributed by atoms with van der Waals surface area (Å²) in [5.74, 6) is -0.202. The summed E-state index contributed by atoms with van der Waals surface area (Å²) in [6.45, 7) is 2.19. The van der Waals surface area contributed by atoms with Crippen LogP contribution in [0.4, 0.5) is 10.1 Å². The standard InChI is InChI=1S/C13H12BrFN2O/c1-8-2-5-13(18)12(17-8)7-16-9-3-4-10(14)11(15)6-9/h2-6,16,18H,7H2,1H3. The van der Waals surface area contributed by atoms with Crippen molar-refractivity contribution in [2.45, 2.75) is 13.5 Å². The maximum absolute atomic E-state index is 13.3. The van der Waals surface area contributed by atoms with Crippen molar-refractivity contribution in [1.29, 1.82) is 0 Å². The summed E-state index contributed by atoms with van der Waals surface area (Å²) in [6.07, 6.45) is 0. The van der Waals surface area contributed by atoms with Crippen LogP contribution in [0.15, 0.2) is 34.8 Å². The molecule has 0 radical (unpaired) electrons. The highest BCUT2D eigenvalue weighted by Crippen LogP contribution is 2.21. The van der Waals surface area contributed by atoms with Crippen molar-refractivity contribution in [1.82, 2.24) is 4.98 Å². The molecule has 18 heavy (non-hydrogen) atoms. The third-order valence-corrected chi connectivity index (χ3v) is 3.11. The van der Waals surface area contributed by atoms with Gasteiger partial charge in [0.05, 0.1) is 11.0 Å². The highest BCUT2D eigenvalue weighted by atomic mass is 79.9. The number of rotatable bonds is 3. The van der Waals surface area contributed by atoms with Crippen LogP contribution in [0.2, 0.25) is 0 Å². The first-order valence-corrected chi connectivity index (χ1v) is 6.20. The summed E-state index contributed by atoms with van der Waals surface area (Å²) >= 11 is 3.09. The molecular formula is C13H12BrFN2O. The van der Waals surface area contributed by atoms with Crippen LogP contribution < -0.4 is 5.32 Å². The maximum Gasteiger partial charge on any atom is 0.139 e. The summed E-state index contributed by atoms with van der Waals surface area (Å²) in [5, 5.41) is 12.6. The average molecular weight is 311 g/mol. The summed E-state index contributed by atoms with van der Waals surface area (Å²) in [5.41, 5.74) is 2.00. The molecule has 2 N–H and O–H groups in total. The van der Waals surface area contributed by atoms with Crippen molar-refractivity contribution >= 4 is 21.6 Å². The van der Waals surface area contributed by atoms with Crippen LogP contribution in [0.3, 0.4) is 0 Å². The van der Waals surface area contributed by atoms with Crippen LogP contribution in [0.1, 0.15) is 11.4 Å². The van der Waals surface area contributed by atoms with Crippen LogP contribution in [-0.2, 0) is 6.54 Å². The number of aromatic hydroxyl groups is 1. The molecule has 0 aliphatic carbocycles. The Kier molecular flexibility index (Phi) is 3.81. The molecule has 2 rings (SSSR count). The number of nitrogens with one attached hydrogen (secondary N) is 1. The Morgan fingerprint density at radius 2 is 2.11 bits per heavy atom. The zero-order valence-electron chi connectivity index (χ0n) is 9.74. The number of benzene rings is 1. The highest BCUT2D eigenvalue weighted by Gasteiger charge is 2.04. The summed E-state index contributed by atoms with van der Waals surface area (Å²) < 4.78 is 13.7. The fraction of sp³-hybridized carbons (Fsp3) is 0.154. The van der Waals surface area contributed by atoms with Crippen molar-refractivity contribution in [2.24, 2.45) is 0 Å². The van der Waals surface area contributed by atoms with Crippen LogP contribution in [0, 0.1) is 12.7 Å². The van der Waals surface area contributed by atoms with Gasteiger partial charge in [0.25, 0.3) is 0 Å². The van der Waals surface area contributed by atoms with Gasteiger partial charge in [0, 0.05) is 11.4 Å². The van der Waals surface area contributed by atoms with Crippen molar-refractivity contribution in [3.05, 3.63) is 52.0 Å². The van der Waals surface area contributed by atoms with E-state index in [1.165, 1.54) is 6.07 Å². The van der Waals surface area contributed by atoms with Gasteiger partial charge in [-0.2, -0.15) is 0 Å². The zero-order chi connectivity index (χ0) is 13.1. The quantitative estimate of drug-likeness (QED) is 0.910. The van der Waals surface area contributed by atoms with E-state index in [-0.39, 0.29) is 11.6 Å². The van der Waals surface area contributed by atoms with Crippen LogP contribution >= 0.6 is 15.9 Å². The van der Waals surface area contributed by atoms with E-state index in [0.29, 0.717) is 22.4 Å². The number of aromatic nitrogens is 1. The lowest BCUT2D eigenvalue weighted by atomic mass is 10.2. The lowest BCUT2D eigenvalue weighted by Crippen LogP contribution is -2.03. The fourth-order valence-electron chi connectivity index (χ4n) is 1.53. The van der Waals surface area contributed by atoms with Crippen molar-refractivity contribution in [3.63, 3.8) is 0 Å². The van der Waals surface area contributed by atoms with Gasteiger partial charge in [-0.05, 0) is 53.2 Å². The molecule has 5 heteroatoms. The molecule has 0 saturated heterocycles. The number of halogens is 2. The van der Waals surface area contributed by atoms with Crippen LogP contribution in [0.25, 0.3) is 0 Å². The zero-order valence-corrected chi connectivity index (χ0v) is 11.3. The predicted molar refractivity (Wildman–Crippen MR) is 72.1 cm³/mol. The first-order chi connectivity index (χ1) is 8.56. The molecule has 94 valence electrons. The molecule has 0 amide bonds. The average Bonchev–Trinajstić information content (AvgIpc) is 2.34. The minimum atomic E-state index is -0.332. The number of aryl methyl sites for hydroxylation is 1. The number of hydrogen-bond acceptors (Lipinski definition) is 3. The third kappa shape index (κ3) is 2.98. The first-order valence-electron chi connectivity index (χ1n) is 5.40.